The molecule has 0 aromatic heterocycles. The highest BCUT2D eigenvalue weighted by atomic mass is 35.5. The molecule has 16 heavy (non-hydrogen) atoms. The van der Waals surface area contributed by atoms with E-state index in [0.717, 1.165) is 5.56 Å². The van der Waals surface area contributed by atoms with Gasteiger partial charge in [-0.15, -0.1) is 0 Å². The third kappa shape index (κ3) is 2.17. The van der Waals surface area contributed by atoms with Crippen molar-refractivity contribution in [2.75, 3.05) is 7.11 Å². The summed E-state index contributed by atoms with van der Waals surface area (Å²) >= 11 is 5.80. The molecule has 1 aliphatic rings. The van der Waals surface area contributed by atoms with Gasteiger partial charge in [-0.2, -0.15) is 5.10 Å². The number of hydrogen-bond donors (Lipinski definition) is 1. The van der Waals surface area contributed by atoms with Crippen LogP contribution >= 0.6 is 11.6 Å². The molecular formula is C11H11ClN2O2. The first-order valence-corrected chi connectivity index (χ1v) is 5.24. The predicted molar refractivity (Wildman–Crippen MR) is 61.4 cm³/mol. The van der Waals surface area contributed by atoms with Crippen molar-refractivity contribution in [2.45, 2.75) is 12.5 Å². The SMILES string of the molecule is COC(=O)C1=NN[C@@H](c2ccc(Cl)cc2)C1. The van der Waals surface area contributed by atoms with Crippen LogP contribution in [0.25, 0.3) is 0 Å². The first-order valence-electron chi connectivity index (χ1n) is 4.86. The van der Waals surface area contributed by atoms with E-state index in [1.807, 2.05) is 24.3 Å². The number of ether oxygens (including phenoxy) is 1. The highest BCUT2D eigenvalue weighted by Gasteiger charge is 2.25. The number of nitrogens with zero attached hydrogens (tertiary/aromatic N) is 1. The minimum Gasteiger partial charge on any atom is -0.464 e. The number of hydrazone groups is 1. The fraction of sp³-hybridized carbons (Fsp3) is 0.273. The second-order valence-corrected chi connectivity index (χ2v) is 3.92. The summed E-state index contributed by atoms with van der Waals surface area (Å²) in [6.07, 6.45) is 0.536. The van der Waals surface area contributed by atoms with Crippen LogP contribution in [0.4, 0.5) is 0 Å². The van der Waals surface area contributed by atoms with E-state index >= 15 is 0 Å². The number of methoxy groups -OCH3 is 1. The van der Waals surface area contributed by atoms with Gasteiger partial charge in [-0.1, -0.05) is 23.7 Å². The van der Waals surface area contributed by atoms with Crippen molar-refractivity contribution in [1.29, 1.82) is 0 Å². The molecule has 1 aliphatic heterocycles. The van der Waals surface area contributed by atoms with Crippen LogP contribution in [0, 0.1) is 0 Å². The molecule has 0 radical (unpaired) electrons. The molecular weight excluding hydrogens is 228 g/mol. The van der Waals surface area contributed by atoms with Crippen molar-refractivity contribution in [3.05, 3.63) is 34.9 Å². The molecule has 0 unspecified atom stereocenters. The molecule has 0 spiro atoms. The predicted octanol–water partition coefficient (Wildman–Crippen LogP) is 1.90. The van der Waals surface area contributed by atoms with Crippen molar-refractivity contribution in [1.82, 2.24) is 5.43 Å². The Kier molecular flexibility index (Phi) is 3.10. The average molecular weight is 239 g/mol. The Morgan fingerprint density at radius 1 is 1.50 bits per heavy atom. The molecule has 1 heterocycles. The Morgan fingerprint density at radius 3 is 2.81 bits per heavy atom. The van der Waals surface area contributed by atoms with Crippen LogP contribution in [0.15, 0.2) is 29.4 Å². The molecule has 0 bridgehead atoms. The van der Waals surface area contributed by atoms with Crippen molar-refractivity contribution >= 4 is 23.3 Å². The van der Waals surface area contributed by atoms with Gasteiger partial charge in [-0.25, -0.2) is 4.79 Å². The molecule has 1 aromatic carbocycles. The summed E-state index contributed by atoms with van der Waals surface area (Å²) in [6, 6.07) is 7.47. The highest BCUT2D eigenvalue weighted by Crippen LogP contribution is 2.23. The van der Waals surface area contributed by atoms with E-state index in [2.05, 4.69) is 15.3 Å². The lowest BCUT2D eigenvalue weighted by Crippen LogP contribution is -2.14. The maximum atomic E-state index is 11.2. The van der Waals surface area contributed by atoms with Gasteiger partial charge in [0.25, 0.3) is 0 Å². The largest absolute Gasteiger partial charge is 0.464 e. The van der Waals surface area contributed by atoms with Crippen LogP contribution in [-0.4, -0.2) is 18.8 Å². The van der Waals surface area contributed by atoms with Gasteiger partial charge in [0.1, 0.15) is 5.71 Å². The molecule has 84 valence electrons. The smallest absolute Gasteiger partial charge is 0.354 e. The molecule has 2 rings (SSSR count). The van der Waals surface area contributed by atoms with Gasteiger partial charge in [0.2, 0.25) is 0 Å². The maximum absolute atomic E-state index is 11.2. The Morgan fingerprint density at radius 2 is 2.19 bits per heavy atom. The summed E-state index contributed by atoms with van der Waals surface area (Å²) in [4.78, 5) is 11.2. The summed E-state index contributed by atoms with van der Waals surface area (Å²) < 4.78 is 4.61. The fourth-order valence-corrected chi connectivity index (χ4v) is 1.70. The third-order valence-electron chi connectivity index (χ3n) is 2.45. The van der Waals surface area contributed by atoms with E-state index in [-0.39, 0.29) is 12.0 Å². The zero-order valence-electron chi connectivity index (χ0n) is 8.74. The number of halogens is 1. The molecule has 0 saturated heterocycles. The van der Waals surface area contributed by atoms with Gasteiger partial charge in [0.15, 0.2) is 0 Å². The first-order chi connectivity index (χ1) is 7.70. The van der Waals surface area contributed by atoms with E-state index in [9.17, 15) is 4.79 Å². The zero-order valence-corrected chi connectivity index (χ0v) is 9.49. The summed E-state index contributed by atoms with van der Waals surface area (Å²) in [5.74, 6) is -0.385. The second kappa shape index (κ2) is 4.53. The lowest BCUT2D eigenvalue weighted by Gasteiger charge is -2.09. The van der Waals surface area contributed by atoms with Crippen molar-refractivity contribution in [3.63, 3.8) is 0 Å². The lowest BCUT2D eigenvalue weighted by molar-refractivity contribution is -0.132. The fourth-order valence-electron chi connectivity index (χ4n) is 1.57. The summed E-state index contributed by atoms with van der Waals surface area (Å²) in [5, 5.41) is 4.64. The monoisotopic (exact) mass is 238 g/mol. The molecule has 0 aliphatic carbocycles. The summed E-state index contributed by atoms with van der Waals surface area (Å²) in [6.45, 7) is 0. The zero-order chi connectivity index (χ0) is 11.5. The molecule has 1 aromatic rings. The van der Waals surface area contributed by atoms with Gasteiger partial charge < -0.3 is 10.2 Å². The van der Waals surface area contributed by atoms with Crippen LogP contribution in [0.3, 0.4) is 0 Å². The van der Waals surface area contributed by atoms with Gasteiger partial charge in [-0.3, -0.25) is 0 Å². The molecule has 1 N–H and O–H groups in total. The van der Waals surface area contributed by atoms with Gasteiger partial charge in [0, 0.05) is 11.4 Å². The molecule has 0 saturated carbocycles. The number of rotatable bonds is 2. The third-order valence-corrected chi connectivity index (χ3v) is 2.70. The normalized spacial score (nSPS) is 18.9. The standard InChI is InChI=1S/C11H11ClN2O2/c1-16-11(15)10-6-9(13-14-10)7-2-4-8(12)5-3-7/h2-5,9,13H,6H2,1H3/t9-/m1/s1. The highest BCUT2D eigenvalue weighted by molar-refractivity contribution is 6.36. The van der Waals surface area contributed by atoms with Crippen LogP contribution in [0.1, 0.15) is 18.0 Å². The number of carbonyl (C=O) groups is 1. The van der Waals surface area contributed by atoms with Gasteiger partial charge in [-0.05, 0) is 17.7 Å². The first kappa shape index (κ1) is 11.0. The van der Waals surface area contributed by atoms with E-state index in [1.54, 1.807) is 0 Å². The van der Waals surface area contributed by atoms with Crippen LogP contribution < -0.4 is 5.43 Å². The molecule has 5 heteroatoms. The van der Waals surface area contributed by atoms with E-state index in [4.69, 9.17) is 11.6 Å². The number of benzene rings is 1. The van der Waals surface area contributed by atoms with Gasteiger partial charge in [0.05, 0.1) is 13.2 Å². The topological polar surface area (TPSA) is 50.7 Å². The number of hydrogen-bond acceptors (Lipinski definition) is 4. The Bertz CT molecular complexity index is 428. The number of nitrogens with one attached hydrogen (secondary N) is 1. The van der Waals surface area contributed by atoms with Crippen LogP contribution in [0.2, 0.25) is 5.02 Å². The van der Waals surface area contributed by atoms with Crippen molar-refractivity contribution < 1.29 is 9.53 Å². The maximum Gasteiger partial charge on any atom is 0.354 e. The van der Waals surface area contributed by atoms with Crippen LogP contribution in [0.5, 0.6) is 0 Å². The van der Waals surface area contributed by atoms with Crippen molar-refractivity contribution in [3.8, 4) is 0 Å². The number of carbonyl (C=O) groups excluding carboxylic acids is 1. The Balaban J connectivity index is 2.06. The quantitative estimate of drug-likeness (QED) is 0.801. The Labute approximate surface area is 98.2 Å². The molecule has 4 nitrogen and oxygen atoms in total. The van der Waals surface area contributed by atoms with E-state index in [0.29, 0.717) is 17.2 Å². The molecule has 1 atom stereocenters. The summed E-state index contributed by atoms with van der Waals surface area (Å²) in [7, 11) is 1.35. The minimum absolute atomic E-state index is 0.0198. The van der Waals surface area contributed by atoms with Crippen molar-refractivity contribution in [2.24, 2.45) is 5.10 Å². The minimum atomic E-state index is -0.385. The Hall–Kier alpha value is -1.55. The summed E-state index contributed by atoms with van der Waals surface area (Å²) in [5.41, 5.74) is 4.37. The average Bonchev–Trinajstić information content (AvgIpc) is 2.78. The lowest BCUT2D eigenvalue weighted by atomic mass is 10.0. The second-order valence-electron chi connectivity index (χ2n) is 3.49. The van der Waals surface area contributed by atoms with Crippen LogP contribution in [-0.2, 0) is 9.53 Å². The number of esters is 1. The van der Waals surface area contributed by atoms with Gasteiger partial charge >= 0.3 is 5.97 Å². The van der Waals surface area contributed by atoms with E-state index in [1.165, 1.54) is 7.11 Å². The van der Waals surface area contributed by atoms with E-state index < -0.39 is 0 Å². The molecule has 0 fully saturated rings. The molecule has 0 amide bonds.